The highest BCUT2D eigenvalue weighted by Gasteiger charge is 2.26. The predicted octanol–water partition coefficient (Wildman–Crippen LogP) is 7.03. The normalized spacial score (nSPS) is 11.8. The van der Waals surface area contributed by atoms with Gasteiger partial charge in [-0.2, -0.15) is 0 Å². The van der Waals surface area contributed by atoms with Gasteiger partial charge in [-0.3, -0.25) is 9.59 Å². The van der Waals surface area contributed by atoms with Crippen molar-refractivity contribution in [3.05, 3.63) is 116 Å². The topological polar surface area (TPSA) is 100 Å². The molecule has 1 atom stereocenters. The average Bonchev–Trinajstić information content (AvgIpc) is 2.98. The summed E-state index contributed by atoms with van der Waals surface area (Å²) in [6.07, 6.45) is 6.98. The number of carbonyl (C=O) groups excluding carboxylic acids is 1. The van der Waals surface area contributed by atoms with Gasteiger partial charge < -0.3 is 10.5 Å². The molecule has 1 amide bonds. The first-order valence-corrected chi connectivity index (χ1v) is 15.5. The molecule has 8 heteroatoms. The van der Waals surface area contributed by atoms with Gasteiger partial charge in [-0.05, 0) is 67.5 Å². The molecule has 0 saturated carbocycles. The van der Waals surface area contributed by atoms with Gasteiger partial charge in [0.05, 0.1) is 5.69 Å². The molecule has 4 aromatic rings. The van der Waals surface area contributed by atoms with E-state index in [0.29, 0.717) is 40.0 Å². The summed E-state index contributed by atoms with van der Waals surface area (Å²) >= 11 is 6.45. The van der Waals surface area contributed by atoms with Crippen LogP contribution < -0.4 is 16.0 Å². The largest absolute Gasteiger partial charge is 0.475 e. The van der Waals surface area contributed by atoms with Crippen LogP contribution in [0, 0.1) is 6.92 Å². The second-order valence-electron chi connectivity index (χ2n) is 10.9. The summed E-state index contributed by atoms with van der Waals surface area (Å²) in [5, 5.41) is 0.424. The third-order valence-electron chi connectivity index (χ3n) is 7.48. The van der Waals surface area contributed by atoms with Crippen LogP contribution in [0.2, 0.25) is 5.02 Å². The van der Waals surface area contributed by atoms with E-state index in [2.05, 4.69) is 37.9 Å². The summed E-state index contributed by atoms with van der Waals surface area (Å²) in [5.41, 5.74) is 10.7. The van der Waals surface area contributed by atoms with E-state index in [-0.39, 0.29) is 5.56 Å². The van der Waals surface area contributed by atoms with Gasteiger partial charge in [0.25, 0.3) is 11.5 Å². The summed E-state index contributed by atoms with van der Waals surface area (Å²) in [6.45, 7) is 8.20. The van der Waals surface area contributed by atoms with Gasteiger partial charge in [0.15, 0.2) is 0 Å². The van der Waals surface area contributed by atoms with E-state index in [9.17, 15) is 9.59 Å². The van der Waals surface area contributed by atoms with Gasteiger partial charge in [0, 0.05) is 28.8 Å². The fraction of sp³-hybridized carbons (Fsp3) is 0.371. The average molecular weight is 601 g/mol. The Morgan fingerprint density at radius 1 is 0.977 bits per heavy atom. The number of pyridine rings is 1. The molecule has 0 fully saturated rings. The Hall–Kier alpha value is -3.97. The molecular weight excluding hydrogens is 560 g/mol. The van der Waals surface area contributed by atoms with Crippen LogP contribution in [0.5, 0.6) is 5.75 Å². The Labute approximate surface area is 259 Å². The number of benzene rings is 2. The zero-order chi connectivity index (χ0) is 30.9. The summed E-state index contributed by atoms with van der Waals surface area (Å²) in [6, 6.07) is 16.8. The van der Waals surface area contributed by atoms with Crippen LogP contribution in [-0.4, -0.2) is 20.4 Å². The van der Waals surface area contributed by atoms with Crippen molar-refractivity contribution in [1.82, 2.24) is 14.5 Å². The lowest BCUT2D eigenvalue weighted by Gasteiger charge is -2.23. The van der Waals surface area contributed by atoms with Crippen LogP contribution in [-0.2, 0) is 30.5 Å². The first-order chi connectivity index (χ1) is 20.8. The van der Waals surface area contributed by atoms with E-state index in [0.717, 1.165) is 67.3 Å². The molecule has 0 radical (unpaired) electrons. The molecule has 0 spiro atoms. The highest BCUT2D eigenvalue weighted by molar-refractivity contribution is 6.31. The number of ether oxygens (including phenoxy) is 1. The van der Waals surface area contributed by atoms with Crippen molar-refractivity contribution in [1.29, 1.82) is 0 Å². The summed E-state index contributed by atoms with van der Waals surface area (Å²) < 4.78 is 8.06. The van der Waals surface area contributed by atoms with Gasteiger partial charge >= 0.3 is 0 Å². The number of amides is 1. The molecule has 43 heavy (non-hydrogen) atoms. The number of halogens is 1. The Morgan fingerprint density at radius 2 is 1.65 bits per heavy atom. The van der Waals surface area contributed by atoms with Crippen molar-refractivity contribution in [3.8, 4) is 11.6 Å². The predicted molar refractivity (Wildman–Crippen MR) is 172 cm³/mol. The molecule has 2 aromatic carbocycles. The minimum atomic E-state index is -1.03. The maximum absolute atomic E-state index is 14.1. The minimum absolute atomic E-state index is 0.0979. The van der Waals surface area contributed by atoms with Crippen LogP contribution >= 0.6 is 11.6 Å². The first kappa shape index (κ1) is 32.0. The molecular formula is C35H41ClN4O3. The number of hydrogen-bond donors (Lipinski definition) is 1. The molecule has 7 nitrogen and oxygen atoms in total. The van der Waals surface area contributed by atoms with Crippen LogP contribution in [0.3, 0.4) is 0 Å². The van der Waals surface area contributed by atoms with Crippen LogP contribution in [0.25, 0.3) is 5.82 Å². The molecule has 1 unspecified atom stereocenters. The number of rotatable bonds is 14. The van der Waals surface area contributed by atoms with E-state index in [1.165, 1.54) is 0 Å². The quantitative estimate of drug-likeness (QED) is 0.167. The van der Waals surface area contributed by atoms with Crippen LogP contribution in [0.4, 0.5) is 0 Å². The molecule has 0 saturated heterocycles. The van der Waals surface area contributed by atoms with Gasteiger partial charge in [-0.1, -0.05) is 88.0 Å². The smallest absolute Gasteiger partial charge is 0.263 e. The van der Waals surface area contributed by atoms with Gasteiger partial charge in [0.2, 0.25) is 6.10 Å². The molecule has 0 aliphatic rings. The van der Waals surface area contributed by atoms with E-state index in [1.807, 2.05) is 31.2 Å². The Morgan fingerprint density at radius 3 is 2.23 bits per heavy atom. The molecule has 0 aliphatic heterocycles. The molecule has 2 N–H and O–H groups in total. The lowest BCUT2D eigenvalue weighted by molar-refractivity contribution is -0.125. The summed E-state index contributed by atoms with van der Waals surface area (Å²) in [4.78, 5) is 36.0. The fourth-order valence-electron chi connectivity index (χ4n) is 5.48. The van der Waals surface area contributed by atoms with Gasteiger partial charge in [0.1, 0.15) is 17.4 Å². The highest BCUT2D eigenvalue weighted by atomic mass is 35.5. The Kier molecular flexibility index (Phi) is 11.1. The number of nitrogens with two attached hydrogens (primary N) is 1. The maximum atomic E-state index is 14.1. The second kappa shape index (κ2) is 15.0. The molecule has 2 heterocycles. The SMILES string of the molecule is CCCCc1nc(C)n(-c2ccccn2)c(=O)c1Cc1cc(CCC)c(OC(C(N)=O)c2ccccc2Cl)c(CCC)c1. The standard InChI is InChI=1S/C35H41ClN4O3/c1-5-8-17-30-28(35(42)40(23(4)39-30)31-18-11-12-19-38-31)22-24-20-25(13-6-2)32(26(21-24)14-7-3)43-33(34(37)41)27-15-9-10-16-29(27)36/h9-12,15-16,18-21,33H,5-8,13-14,17,22H2,1-4H3,(H2,37,41). The minimum Gasteiger partial charge on any atom is -0.475 e. The van der Waals surface area contributed by atoms with Crippen molar-refractivity contribution in [2.75, 3.05) is 0 Å². The zero-order valence-electron chi connectivity index (χ0n) is 25.5. The van der Waals surface area contributed by atoms with E-state index in [4.69, 9.17) is 27.1 Å². The van der Waals surface area contributed by atoms with E-state index >= 15 is 0 Å². The van der Waals surface area contributed by atoms with Crippen molar-refractivity contribution in [3.63, 3.8) is 0 Å². The van der Waals surface area contributed by atoms with Crippen molar-refractivity contribution < 1.29 is 9.53 Å². The second-order valence-corrected chi connectivity index (χ2v) is 11.3. The zero-order valence-corrected chi connectivity index (χ0v) is 26.3. The van der Waals surface area contributed by atoms with E-state index < -0.39 is 12.0 Å². The van der Waals surface area contributed by atoms with Crippen LogP contribution in [0.1, 0.15) is 91.9 Å². The highest BCUT2D eigenvalue weighted by Crippen LogP contribution is 2.35. The third kappa shape index (κ3) is 7.52. The first-order valence-electron chi connectivity index (χ1n) is 15.2. The number of nitrogens with zero attached hydrogens (tertiary/aromatic N) is 3. The Balaban J connectivity index is 1.84. The number of hydrogen-bond acceptors (Lipinski definition) is 5. The third-order valence-corrected chi connectivity index (χ3v) is 7.82. The number of aryl methyl sites for hydroxylation is 4. The fourth-order valence-corrected chi connectivity index (χ4v) is 5.71. The maximum Gasteiger partial charge on any atom is 0.263 e. The number of aromatic nitrogens is 3. The molecule has 0 aliphatic carbocycles. The molecule has 2 aromatic heterocycles. The van der Waals surface area contributed by atoms with Crippen molar-refractivity contribution in [2.45, 2.75) is 85.2 Å². The molecule has 4 rings (SSSR count). The van der Waals surface area contributed by atoms with Gasteiger partial charge in [-0.25, -0.2) is 14.5 Å². The van der Waals surface area contributed by atoms with Crippen LogP contribution in [0.15, 0.2) is 65.6 Å². The number of unbranched alkanes of at least 4 members (excludes halogenated alkanes) is 1. The lowest BCUT2D eigenvalue weighted by Crippen LogP contribution is -2.29. The Bertz CT molecular complexity index is 1590. The molecule has 0 bridgehead atoms. The van der Waals surface area contributed by atoms with Gasteiger partial charge in [-0.15, -0.1) is 0 Å². The number of carbonyl (C=O) groups is 1. The lowest BCUT2D eigenvalue weighted by atomic mass is 9.94. The van der Waals surface area contributed by atoms with Crippen molar-refractivity contribution in [2.24, 2.45) is 5.73 Å². The van der Waals surface area contributed by atoms with Crippen molar-refractivity contribution >= 4 is 17.5 Å². The van der Waals surface area contributed by atoms with E-state index in [1.54, 1.807) is 29.0 Å². The molecule has 226 valence electrons. The summed E-state index contributed by atoms with van der Waals surface area (Å²) in [5.74, 6) is 1.23. The summed E-state index contributed by atoms with van der Waals surface area (Å²) in [7, 11) is 0. The number of primary amides is 1. The monoisotopic (exact) mass is 600 g/mol.